The van der Waals surface area contributed by atoms with Crippen LogP contribution in [0.3, 0.4) is 0 Å². The van der Waals surface area contributed by atoms with Gasteiger partial charge in [-0.15, -0.1) is 0 Å². The Labute approximate surface area is 165 Å². The molecule has 1 fully saturated rings. The number of carbonyl (C=O) groups is 1. The van der Waals surface area contributed by atoms with Crippen LogP contribution in [0.15, 0.2) is 45.2 Å². The zero-order chi connectivity index (χ0) is 19.7. The van der Waals surface area contributed by atoms with E-state index in [0.717, 1.165) is 47.1 Å². The highest BCUT2D eigenvalue weighted by Crippen LogP contribution is 2.28. The molecule has 0 unspecified atom stereocenters. The molecule has 1 atom stereocenters. The molecule has 148 valence electrons. The number of rotatable bonds is 5. The molecule has 0 aliphatic carbocycles. The molecule has 4 rings (SSSR count). The summed E-state index contributed by atoms with van der Waals surface area (Å²) in [5.74, 6) is 2.77. The maximum absolute atomic E-state index is 12.9. The summed E-state index contributed by atoms with van der Waals surface area (Å²) in [4.78, 5) is 15.3. The molecule has 1 amide bonds. The lowest BCUT2D eigenvalue weighted by atomic mass is 9.97. The van der Waals surface area contributed by atoms with Gasteiger partial charge in [0.05, 0.1) is 6.04 Å². The van der Waals surface area contributed by atoms with Gasteiger partial charge in [-0.1, -0.05) is 25.1 Å². The Bertz CT molecular complexity index is 963. The van der Waals surface area contributed by atoms with E-state index in [4.69, 9.17) is 8.83 Å². The molecule has 1 aromatic carbocycles. The molecule has 3 aromatic rings. The quantitative estimate of drug-likeness (QED) is 0.688. The van der Waals surface area contributed by atoms with Crippen molar-refractivity contribution in [1.82, 2.24) is 10.2 Å². The minimum absolute atomic E-state index is 0.0369. The van der Waals surface area contributed by atoms with E-state index >= 15 is 0 Å². The van der Waals surface area contributed by atoms with E-state index in [2.05, 4.69) is 17.1 Å². The van der Waals surface area contributed by atoms with Gasteiger partial charge in [-0.2, -0.15) is 0 Å². The van der Waals surface area contributed by atoms with E-state index in [-0.39, 0.29) is 11.9 Å². The average Bonchev–Trinajstić information content (AvgIpc) is 3.27. The fourth-order valence-corrected chi connectivity index (χ4v) is 4.04. The second-order valence-corrected chi connectivity index (χ2v) is 7.95. The van der Waals surface area contributed by atoms with Crippen LogP contribution in [0.5, 0.6) is 0 Å². The lowest BCUT2D eigenvalue weighted by Crippen LogP contribution is -2.41. The fraction of sp³-hybridized carbons (Fsp3) is 0.435. The van der Waals surface area contributed by atoms with Crippen LogP contribution in [0.4, 0.5) is 0 Å². The minimum Gasteiger partial charge on any atom is -0.465 e. The lowest BCUT2D eigenvalue weighted by molar-refractivity contribution is 0.0871. The van der Waals surface area contributed by atoms with Gasteiger partial charge in [0.15, 0.2) is 5.76 Å². The van der Waals surface area contributed by atoms with Gasteiger partial charge in [0.1, 0.15) is 17.1 Å². The summed E-state index contributed by atoms with van der Waals surface area (Å²) in [5, 5.41) is 4.07. The Kier molecular flexibility index (Phi) is 5.27. The lowest BCUT2D eigenvalue weighted by Gasteiger charge is -2.35. The number of hydrogen-bond acceptors (Lipinski definition) is 4. The highest BCUT2D eigenvalue weighted by atomic mass is 16.3. The number of fused-ring (bicyclic) bond motifs is 1. The van der Waals surface area contributed by atoms with Crippen LogP contribution in [0, 0.1) is 19.8 Å². The van der Waals surface area contributed by atoms with Crippen LogP contribution in [-0.4, -0.2) is 30.4 Å². The Balaban J connectivity index is 1.51. The Morgan fingerprint density at radius 3 is 2.57 bits per heavy atom. The second kappa shape index (κ2) is 7.84. The maximum Gasteiger partial charge on any atom is 0.287 e. The minimum atomic E-state index is -0.174. The first kappa shape index (κ1) is 18.8. The largest absolute Gasteiger partial charge is 0.465 e. The van der Waals surface area contributed by atoms with Crippen molar-refractivity contribution < 1.29 is 13.6 Å². The van der Waals surface area contributed by atoms with Gasteiger partial charge in [-0.05, 0) is 63.9 Å². The number of likely N-dealkylation sites (tertiary alicyclic amines) is 1. The molecule has 5 heteroatoms. The monoisotopic (exact) mass is 380 g/mol. The zero-order valence-corrected chi connectivity index (χ0v) is 16.8. The van der Waals surface area contributed by atoms with Crippen molar-refractivity contribution in [3.05, 3.63) is 59.2 Å². The predicted molar refractivity (Wildman–Crippen MR) is 109 cm³/mol. The summed E-state index contributed by atoms with van der Waals surface area (Å²) >= 11 is 0. The van der Waals surface area contributed by atoms with Crippen molar-refractivity contribution >= 4 is 16.9 Å². The number of amides is 1. The van der Waals surface area contributed by atoms with Gasteiger partial charge in [-0.3, -0.25) is 9.69 Å². The third kappa shape index (κ3) is 3.72. The maximum atomic E-state index is 12.9. The highest BCUT2D eigenvalue weighted by molar-refractivity contribution is 5.98. The van der Waals surface area contributed by atoms with Crippen molar-refractivity contribution in [3.8, 4) is 0 Å². The number of nitrogens with zero attached hydrogens (tertiary/aromatic N) is 1. The molecule has 28 heavy (non-hydrogen) atoms. The van der Waals surface area contributed by atoms with Crippen LogP contribution in [0.2, 0.25) is 0 Å². The van der Waals surface area contributed by atoms with Gasteiger partial charge in [0, 0.05) is 17.5 Å². The van der Waals surface area contributed by atoms with Crippen molar-refractivity contribution in [1.29, 1.82) is 0 Å². The molecule has 2 aromatic heterocycles. The molecular weight excluding hydrogens is 352 g/mol. The number of piperidine rings is 1. The highest BCUT2D eigenvalue weighted by Gasteiger charge is 2.28. The van der Waals surface area contributed by atoms with Crippen LogP contribution >= 0.6 is 0 Å². The van der Waals surface area contributed by atoms with Gasteiger partial charge < -0.3 is 14.2 Å². The second-order valence-electron chi connectivity index (χ2n) is 7.95. The number of carbonyl (C=O) groups excluding carboxylic acids is 1. The van der Waals surface area contributed by atoms with Crippen molar-refractivity contribution in [2.45, 2.75) is 39.7 Å². The van der Waals surface area contributed by atoms with Gasteiger partial charge >= 0.3 is 0 Å². The summed E-state index contributed by atoms with van der Waals surface area (Å²) in [7, 11) is 0. The third-order valence-electron chi connectivity index (χ3n) is 5.85. The Morgan fingerprint density at radius 2 is 1.89 bits per heavy atom. The van der Waals surface area contributed by atoms with Crippen LogP contribution in [0.25, 0.3) is 11.0 Å². The van der Waals surface area contributed by atoms with Crippen molar-refractivity contribution in [2.75, 3.05) is 19.6 Å². The van der Waals surface area contributed by atoms with E-state index in [0.29, 0.717) is 12.3 Å². The van der Waals surface area contributed by atoms with Gasteiger partial charge in [-0.25, -0.2) is 0 Å². The van der Waals surface area contributed by atoms with E-state index in [9.17, 15) is 4.79 Å². The predicted octanol–water partition coefficient (Wildman–Crippen LogP) is 4.85. The Morgan fingerprint density at radius 1 is 1.14 bits per heavy atom. The summed E-state index contributed by atoms with van der Waals surface area (Å²) in [6.45, 7) is 8.72. The summed E-state index contributed by atoms with van der Waals surface area (Å²) in [6, 6.07) is 11.8. The van der Waals surface area contributed by atoms with Crippen molar-refractivity contribution in [2.24, 2.45) is 5.92 Å². The molecule has 5 nitrogen and oxygen atoms in total. The summed E-state index contributed by atoms with van der Waals surface area (Å²) in [5.41, 5.74) is 1.62. The molecule has 1 aliphatic heterocycles. The first-order chi connectivity index (χ1) is 13.5. The molecule has 0 saturated carbocycles. The van der Waals surface area contributed by atoms with E-state index in [1.165, 1.54) is 12.8 Å². The third-order valence-corrected chi connectivity index (χ3v) is 5.85. The van der Waals surface area contributed by atoms with E-state index in [1.54, 1.807) is 0 Å². The fourth-order valence-electron chi connectivity index (χ4n) is 4.04. The standard InChI is InChI=1S/C23H28N2O3/c1-15-10-12-25(13-11-15)19(21-9-8-16(2)27-21)14-24-23(26)22-17(3)18-6-4-5-7-20(18)28-22/h4-9,15,19H,10-14H2,1-3H3,(H,24,26)/t19-/m1/s1. The molecular formula is C23H28N2O3. The molecule has 3 heterocycles. The molecule has 0 radical (unpaired) electrons. The van der Waals surface area contributed by atoms with Crippen LogP contribution < -0.4 is 5.32 Å². The molecule has 0 bridgehead atoms. The smallest absolute Gasteiger partial charge is 0.287 e. The number of aryl methyl sites for hydroxylation is 2. The Hall–Kier alpha value is -2.53. The molecule has 1 N–H and O–H groups in total. The first-order valence-corrected chi connectivity index (χ1v) is 10.1. The number of para-hydroxylation sites is 1. The van der Waals surface area contributed by atoms with E-state index in [1.807, 2.05) is 50.2 Å². The number of hydrogen-bond donors (Lipinski definition) is 1. The summed E-state index contributed by atoms with van der Waals surface area (Å²) < 4.78 is 11.7. The summed E-state index contributed by atoms with van der Waals surface area (Å²) in [6.07, 6.45) is 2.35. The average molecular weight is 380 g/mol. The molecule has 0 spiro atoms. The molecule has 1 saturated heterocycles. The van der Waals surface area contributed by atoms with E-state index < -0.39 is 0 Å². The van der Waals surface area contributed by atoms with Crippen LogP contribution in [0.1, 0.15) is 53.4 Å². The zero-order valence-electron chi connectivity index (χ0n) is 16.8. The molecule has 1 aliphatic rings. The number of benzene rings is 1. The van der Waals surface area contributed by atoms with Crippen LogP contribution in [-0.2, 0) is 0 Å². The number of nitrogens with one attached hydrogen (secondary N) is 1. The van der Waals surface area contributed by atoms with Gasteiger partial charge in [0.2, 0.25) is 0 Å². The SMILES string of the molecule is Cc1ccc([C@@H](CNC(=O)c2oc3ccccc3c2C)N2CCC(C)CC2)o1. The first-order valence-electron chi connectivity index (χ1n) is 10.1. The topological polar surface area (TPSA) is 58.6 Å². The van der Waals surface area contributed by atoms with Crippen molar-refractivity contribution in [3.63, 3.8) is 0 Å². The number of furan rings is 2. The van der Waals surface area contributed by atoms with Gasteiger partial charge in [0.25, 0.3) is 5.91 Å². The normalized spacial score (nSPS) is 17.1.